The molecule has 1 heterocycles. The van der Waals surface area contributed by atoms with Crippen molar-refractivity contribution < 1.29 is 0 Å². The van der Waals surface area contributed by atoms with Gasteiger partial charge in [-0.05, 0) is 12.1 Å². The average Bonchev–Trinajstić information content (AvgIpc) is 2.15. The number of anilines is 1. The highest BCUT2D eigenvalue weighted by atomic mass is 15.0. The molecule has 0 saturated heterocycles. The fraction of sp³-hybridized carbons (Fsp3) is 0.111. The number of benzene rings is 1. The first-order valence-corrected chi connectivity index (χ1v) is 3.96. The zero-order valence-electron chi connectivity index (χ0n) is 7.28. The molecule has 0 fully saturated rings. The van der Waals surface area contributed by atoms with Gasteiger partial charge >= 0.3 is 0 Å². The molecule has 0 spiro atoms. The molecular formula is C9H10N4. The molecule has 0 unspecified atom stereocenters. The Hall–Kier alpha value is -1.84. The summed E-state index contributed by atoms with van der Waals surface area (Å²) in [6.45, 7) is 0. The minimum atomic E-state index is 0.249. The topological polar surface area (TPSA) is 67.7 Å². The van der Waals surface area contributed by atoms with Crippen LogP contribution in [-0.2, 0) is 7.05 Å². The molecule has 13 heavy (non-hydrogen) atoms. The molecule has 0 saturated carbocycles. The van der Waals surface area contributed by atoms with E-state index < -0.39 is 0 Å². The van der Waals surface area contributed by atoms with Gasteiger partial charge in [0, 0.05) is 7.05 Å². The second kappa shape index (κ2) is 2.58. The molecule has 0 bridgehead atoms. The predicted octanol–water partition coefficient (Wildman–Crippen LogP) is 0.635. The first kappa shape index (κ1) is 7.79. The molecule has 0 aliphatic carbocycles. The Morgan fingerprint density at radius 2 is 2.08 bits per heavy atom. The monoisotopic (exact) mass is 174 g/mol. The van der Waals surface area contributed by atoms with Crippen LogP contribution >= 0.6 is 0 Å². The van der Waals surface area contributed by atoms with Crippen LogP contribution in [0.15, 0.2) is 24.3 Å². The quantitative estimate of drug-likeness (QED) is 0.615. The van der Waals surface area contributed by atoms with Crippen molar-refractivity contribution in [2.24, 2.45) is 7.05 Å². The van der Waals surface area contributed by atoms with Gasteiger partial charge in [-0.1, -0.05) is 12.1 Å². The highest BCUT2D eigenvalue weighted by Crippen LogP contribution is 2.08. The lowest BCUT2D eigenvalue weighted by atomic mass is 10.3. The molecule has 4 nitrogen and oxygen atoms in total. The number of nitrogens with two attached hydrogens (primary N) is 1. The van der Waals surface area contributed by atoms with Gasteiger partial charge in [-0.2, -0.15) is 0 Å². The SMILES string of the molecule is Cn1c(=N)c(N)nc2ccccc21. The molecule has 1 aromatic heterocycles. The van der Waals surface area contributed by atoms with E-state index in [1.165, 1.54) is 0 Å². The highest BCUT2D eigenvalue weighted by Gasteiger charge is 2.00. The van der Waals surface area contributed by atoms with Crippen LogP contribution in [0.25, 0.3) is 11.0 Å². The zero-order chi connectivity index (χ0) is 9.42. The van der Waals surface area contributed by atoms with Crippen molar-refractivity contribution in [2.45, 2.75) is 0 Å². The Labute approximate surface area is 75.2 Å². The summed E-state index contributed by atoms with van der Waals surface area (Å²) in [5.74, 6) is 0.265. The van der Waals surface area contributed by atoms with Gasteiger partial charge in [-0.3, -0.25) is 5.41 Å². The minimum Gasteiger partial charge on any atom is -0.381 e. The molecule has 3 N–H and O–H groups in total. The van der Waals surface area contributed by atoms with Gasteiger partial charge in [-0.15, -0.1) is 0 Å². The van der Waals surface area contributed by atoms with Gasteiger partial charge in [0.2, 0.25) is 0 Å². The number of rotatable bonds is 0. The Bertz CT molecular complexity index is 512. The molecule has 0 aliphatic rings. The van der Waals surface area contributed by atoms with E-state index in [-0.39, 0.29) is 11.3 Å². The maximum atomic E-state index is 7.60. The highest BCUT2D eigenvalue weighted by molar-refractivity contribution is 5.75. The summed E-state index contributed by atoms with van der Waals surface area (Å²) >= 11 is 0. The normalized spacial score (nSPS) is 10.5. The Morgan fingerprint density at radius 1 is 1.38 bits per heavy atom. The van der Waals surface area contributed by atoms with Crippen LogP contribution in [0.1, 0.15) is 0 Å². The van der Waals surface area contributed by atoms with Crippen LogP contribution in [0.4, 0.5) is 5.82 Å². The number of fused-ring (bicyclic) bond motifs is 1. The molecule has 1 aromatic carbocycles. The number of nitrogens with zero attached hydrogens (tertiary/aromatic N) is 2. The van der Waals surface area contributed by atoms with Crippen LogP contribution in [0, 0.1) is 5.41 Å². The molecule has 0 radical (unpaired) electrons. The summed E-state index contributed by atoms with van der Waals surface area (Å²) in [5.41, 5.74) is 7.55. The van der Waals surface area contributed by atoms with E-state index in [1.807, 2.05) is 31.3 Å². The average molecular weight is 174 g/mol. The lowest BCUT2D eigenvalue weighted by molar-refractivity contribution is 0.849. The first-order valence-electron chi connectivity index (χ1n) is 3.96. The van der Waals surface area contributed by atoms with Gasteiger partial charge < -0.3 is 10.3 Å². The molecular weight excluding hydrogens is 164 g/mol. The lowest BCUT2D eigenvalue weighted by Crippen LogP contribution is -2.22. The van der Waals surface area contributed by atoms with Gasteiger partial charge in [0.25, 0.3) is 0 Å². The van der Waals surface area contributed by atoms with Crippen LogP contribution in [0.3, 0.4) is 0 Å². The molecule has 2 aromatic rings. The van der Waals surface area contributed by atoms with Gasteiger partial charge in [0.15, 0.2) is 11.3 Å². The second-order valence-electron chi connectivity index (χ2n) is 2.89. The van der Waals surface area contributed by atoms with E-state index in [4.69, 9.17) is 11.1 Å². The van der Waals surface area contributed by atoms with E-state index >= 15 is 0 Å². The summed E-state index contributed by atoms with van der Waals surface area (Å²) in [5, 5.41) is 7.60. The van der Waals surface area contributed by atoms with Gasteiger partial charge in [-0.25, -0.2) is 4.98 Å². The molecule has 66 valence electrons. The van der Waals surface area contributed by atoms with E-state index in [0.29, 0.717) is 0 Å². The molecule has 0 aliphatic heterocycles. The summed E-state index contributed by atoms with van der Waals surface area (Å²) in [6, 6.07) is 7.61. The Morgan fingerprint density at radius 3 is 2.85 bits per heavy atom. The van der Waals surface area contributed by atoms with Crippen LogP contribution in [-0.4, -0.2) is 9.55 Å². The number of nitrogens with one attached hydrogen (secondary N) is 1. The summed E-state index contributed by atoms with van der Waals surface area (Å²) < 4.78 is 1.72. The van der Waals surface area contributed by atoms with Crippen molar-refractivity contribution in [3.05, 3.63) is 29.8 Å². The Balaban J connectivity index is 3.02. The van der Waals surface area contributed by atoms with Crippen molar-refractivity contribution in [3.8, 4) is 0 Å². The summed E-state index contributed by atoms with van der Waals surface area (Å²) in [7, 11) is 1.81. The summed E-state index contributed by atoms with van der Waals surface area (Å²) in [6.07, 6.45) is 0. The van der Waals surface area contributed by atoms with Crippen LogP contribution < -0.4 is 11.2 Å². The minimum absolute atomic E-state index is 0.249. The maximum absolute atomic E-state index is 7.60. The number of para-hydroxylation sites is 2. The van der Waals surface area contributed by atoms with E-state index in [1.54, 1.807) is 4.57 Å². The standard InChI is InChI=1S/C9H10N4/c1-13-7-5-3-2-4-6(7)12-8(10)9(13)11/h2-5,11H,1H3,(H2,10,12). The fourth-order valence-electron chi connectivity index (χ4n) is 1.32. The van der Waals surface area contributed by atoms with Crippen molar-refractivity contribution in [2.75, 3.05) is 5.73 Å². The van der Waals surface area contributed by atoms with Crippen molar-refractivity contribution in [1.82, 2.24) is 9.55 Å². The van der Waals surface area contributed by atoms with Crippen molar-refractivity contribution in [3.63, 3.8) is 0 Å². The molecule has 2 rings (SSSR count). The second-order valence-corrected chi connectivity index (χ2v) is 2.89. The Kier molecular flexibility index (Phi) is 1.55. The van der Waals surface area contributed by atoms with E-state index in [9.17, 15) is 0 Å². The number of hydrogen-bond acceptors (Lipinski definition) is 3. The molecule has 4 heteroatoms. The van der Waals surface area contributed by atoms with E-state index in [2.05, 4.69) is 4.98 Å². The third-order valence-electron chi connectivity index (χ3n) is 2.06. The summed E-state index contributed by atoms with van der Waals surface area (Å²) in [4.78, 5) is 4.11. The van der Waals surface area contributed by atoms with E-state index in [0.717, 1.165) is 11.0 Å². The van der Waals surface area contributed by atoms with Gasteiger partial charge in [0.05, 0.1) is 11.0 Å². The first-order chi connectivity index (χ1) is 6.20. The molecule has 0 amide bonds. The third kappa shape index (κ3) is 1.07. The number of aromatic nitrogens is 2. The fourth-order valence-corrected chi connectivity index (χ4v) is 1.32. The van der Waals surface area contributed by atoms with Crippen molar-refractivity contribution in [1.29, 1.82) is 5.41 Å². The van der Waals surface area contributed by atoms with Crippen LogP contribution in [0.5, 0.6) is 0 Å². The van der Waals surface area contributed by atoms with Gasteiger partial charge in [0.1, 0.15) is 0 Å². The largest absolute Gasteiger partial charge is 0.381 e. The number of hydrogen-bond donors (Lipinski definition) is 2. The van der Waals surface area contributed by atoms with Crippen LogP contribution in [0.2, 0.25) is 0 Å². The maximum Gasteiger partial charge on any atom is 0.168 e. The lowest BCUT2D eigenvalue weighted by Gasteiger charge is -2.05. The van der Waals surface area contributed by atoms with Crippen molar-refractivity contribution >= 4 is 16.9 Å². The third-order valence-corrected chi connectivity index (χ3v) is 2.06. The predicted molar refractivity (Wildman–Crippen MR) is 51.0 cm³/mol. The smallest absolute Gasteiger partial charge is 0.168 e. The molecule has 0 atom stereocenters. The number of aryl methyl sites for hydroxylation is 1. The number of nitrogen functional groups attached to an aromatic ring is 1. The zero-order valence-corrected chi connectivity index (χ0v) is 7.28.